The standard InChI is InChI=1S/C13H23N/c1-4-10-14(11-5-1)13(8-9-13)12-6-2-3-7-12/h12H,1-11H2. The van der Waals surface area contributed by atoms with Crippen molar-refractivity contribution in [3.8, 4) is 0 Å². The van der Waals surface area contributed by atoms with E-state index in [4.69, 9.17) is 0 Å². The summed E-state index contributed by atoms with van der Waals surface area (Å²) in [4.78, 5) is 2.87. The van der Waals surface area contributed by atoms with Gasteiger partial charge in [0.1, 0.15) is 0 Å². The summed E-state index contributed by atoms with van der Waals surface area (Å²) in [6.45, 7) is 2.83. The Balaban J connectivity index is 1.68. The van der Waals surface area contributed by atoms with Crippen molar-refractivity contribution in [2.75, 3.05) is 13.1 Å². The van der Waals surface area contributed by atoms with Crippen molar-refractivity contribution in [3.05, 3.63) is 0 Å². The zero-order chi connectivity index (χ0) is 9.43. The Hall–Kier alpha value is -0.0400. The van der Waals surface area contributed by atoms with E-state index in [1.54, 1.807) is 0 Å². The number of hydrogen-bond donors (Lipinski definition) is 0. The van der Waals surface area contributed by atoms with Crippen molar-refractivity contribution in [2.24, 2.45) is 5.92 Å². The minimum absolute atomic E-state index is 0.733. The second-order valence-electron chi connectivity index (χ2n) is 5.63. The van der Waals surface area contributed by atoms with Gasteiger partial charge in [-0.3, -0.25) is 4.90 Å². The Kier molecular flexibility index (Phi) is 2.31. The number of rotatable bonds is 2. The molecule has 0 aromatic rings. The molecular formula is C13H23N. The smallest absolute Gasteiger partial charge is 0.0239 e. The average molecular weight is 193 g/mol. The third-order valence-corrected chi connectivity index (χ3v) is 4.86. The van der Waals surface area contributed by atoms with Gasteiger partial charge in [-0.2, -0.15) is 0 Å². The second kappa shape index (κ2) is 3.52. The SMILES string of the molecule is C1CCN(C2(C3CCCC3)CC2)CC1. The van der Waals surface area contributed by atoms with Crippen LogP contribution in [0, 0.1) is 5.92 Å². The van der Waals surface area contributed by atoms with E-state index >= 15 is 0 Å². The lowest BCUT2D eigenvalue weighted by atomic mass is 9.92. The first-order valence-corrected chi connectivity index (χ1v) is 6.67. The maximum Gasteiger partial charge on any atom is 0.0239 e. The van der Waals surface area contributed by atoms with E-state index in [0.717, 1.165) is 11.5 Å². The first kappa shape index (κ1) is 9.21. The van der Waals surface area contributed by atoms with Crippen molar-refractivity contribution >= 4 is 0 Å². The lowest BCUT2D eigenvalue weighted by Gasteiger charge is -2.38. The predicted octanol–water partition coefficient (Wildman–Crippen LogP) is 3.20. The summed E-state index contributed by atoms with van der Waals surface area (Å²) >= 11 is 0. The number of nitrogens with zero attached hydrogens (tertiary/aromatic N) is 1. The quantitative estimate of drug-likeness (QED) is 0.651. The zero-order valence-corrected chi connectivity index (χ0v) is 9.30. The van der Waals surface area contributed by atoms with E-state index in [2.05, 4.69) is 4.90 Å². The van der Waals surface area contributed by atoms with Gasteiger partial charge in [0.2, 0.25) is 0 Å². The van der Waals surface area contributed by atoms with Crippen LogP contribution in [0.25, 0.3) is 0 Å². The minimum Gasteiger partial charge on any atom is -0.297 e. The summed E-state index contributed by atoms with van der Waals surface area (Å²) in [6, 6.07) is 0. The molecule has 1 aliphatic heterocycles. The van der Waals surface area contributed by atoms with Gasteiger partial charge in [-0.25, -0.2) is 0 Å². The van der Waals surface area contributed by atoms with Gasteiger partial charge in [0.15, 0.2) is 0 Å². The lowest BCUT2D eigenvalue weighted by molar-refractivity contribution is 0.0978. The van der Waals surface area contributed by atoms with Crippen molar-refractivity contribution in [1.29, 1.82) is 0 Å². The number of piperidine rings is 1. The van der Waals surface area contributed by atoms with Gasteiger partial charge in [-0.05, 0) is 57.5 Å². The molecule has 3 rings (SSSR count). The summed E-state index contributed by atoms with van der Waals surface area (Å²) < 4.78 is 0. The third-order valence-electron chi connectivity index (χ3n) is 4.86. The summed E-state index contributed by atoms with van der Waals surface area (Å²) in [6.07, 6.45) is 13.6. The van der Waals surface area contributed by atoms with Gasteiger partial charge in [0, 0.05) is 5.54 Å². The van der Waals surface area contributed by atoms with Gasteiger partial charge in [-0.1, -0.05) is 19.3 Å². The highest BCUT2D eigenvalue weighted by atomic mass is 15.2. The molecule has 0 radical (unpaired) electrons. The van der Waals surface area contributed by atoms with E-state index in [0.29, 0.717) is 0 Å². The van der Waals surface area contributed by atoms with Gasteiger partial charge >= 0.3 is 0 Å². The molecule has 3 aliphatic rings. The van der Waals surface area contributed by atoms with Crippen LogP contribution < -0.4 is 0 Å². The summed E-state index contributed by atoms with van der Waals surface area (Å²) in [5, 5.41) is 0. The van der Waals surface area contributed by atoms with Crippen LogP contribution in [0.2, 0.25) is 0 Å². The topological polar surface area (TPSA) is 3.24 Å². The van der Waals surface area contributed by atoms with Crippen LogP contribution in [-0.2, 0) is 0 Å². The molecule has 1 saturated heterocycles. The van der Waals surface area contributed by atoms with Crippen LogP contribution in [0.15, 0.2) is 0 Å². The maximum absolute atomic E-state index is 2.87. The Bertz CT molecular complexity index is 195. The molecule has 0 unspecified atom stereocenters. The summed E-state index contributed by atoms with van der Waals surface area (Å²) in [5.74, 6) is 1.08. The number of hydrogen-bond acceptors (Lipinski definition) is 1. The predicted molar refractivity (Wildman–Crippen MR) is 59.3 cm³/mol. The monoisotopic (exact) mass is 193 g/mol. The van der Waals surface area contributed by atoms with Gasteiger partial charge in [-0.15, -0.1) is 0 Å². The fourth-order valence-corrected chi connectivity index (χ4v) is 3.91. The van der Waals surface area contributed by atoms with Gasteiger partial charge in [0.25, 0.3) is 0 Å². The molecule has 80 valence electrons. The van der Waals surface area contributed by atoms with E-state index in [1.807, 2.05) is 0 Å². The maximum atomic E-state index is 2.87. The highest BCUT2D eigenvalue weighted by Crippen LogP contribution is 2.53. The third kappa shape index (κ3) is 1.41. The fraction of sp³-hybridized carbons (Fsp3) is 1.00. The molecule has 0 atom stereocenters. The van der Waals surface area contributed by atoms with E-state index in [-0.39, 0.29) is 0 Å². The summed E-state index contributed by atoms with van der Waals surface area (Å²) in [5.41, 5.74) is 0.733. The largest absolute Gasteiger partial charge is 0.297 e. The average Bonchev–Trinajstić information content (AvgIpc) is 2.88. The van der Waals surface area contributed by atoms with Crippen LogP contribution in [0.3, 0.4) is 0 Å². The Morgan fingerprint density at radius 1 is 0.786 bits per heavy atom. The normalized spacial score (nSPS) is 33.4. The molecule has 14 heavy (non-hydrogen) atoms. The van der Waals surface area contributed by atoms with Gasteiger partial charge in [0.05, 0.1) is 0 Å². The van der Waals surface area contributed by atoms with E-state index in [1.165, 1.54) is 70.9 Å². The van der Waals surface area contributed by atoms with Crippen molar-refractivity contribution < 1.29 is 0 Å². The minimum atomic E-state index is 0.733. The first-order chi connectivity index (χ1) is 6.92. The van der Waals surface area contributed by atoms with E-state index < -0.39 is 0 Å². The highest BCUT2D eigenvalue weighted by molar-refractivity contribution is 5.09. The van der Waals surface area contributed by atoms with Crippen molar-refractivity contribution in [3.63, 3.8) is 0 Å². The molecule has 1 heterocycles. The molecule has 0 aromatic heterocycles. The molecule has 0 spiro atoms. The highest BCUT2D eigenvalue weighted by Gasteiger charge is 2.53. The Morgan fingerprint density at radius 3 is 2.00 bits per heavy atom. The molecular weight excluding hydrogens is 170 g/mol. The van der Waals surface area contributed by atoms with E-state index in [9.17, 15) is 0 Å². The molecule has 0 N–H and O–H groups in total. The molecule has 1 nitrogen and oxygen atoms in total. The fourth-order valence-electron chi connectivity index (χ4n) is 3.91. The van der Waals surface area contributed by atoms with Gasteiger partial charge < -0.3 is 0 Å². The molecule has 2 aliphatic carbocycles. The molecule has 0 aromatic carbocycles. The molecule has 3 fully saturated rings. The number of likely N-dealkylation sites (tertiary alicyclic amines) is 1. The van der Waals surface area contributed by atoms with Crippen LogP contribution >= 0.6 is 0 Å². The Labute approximate surface area is 87.9 Å². The molecule has 1 heteroatoms. The Morgan fingerprint density at radius 2 is 1.43 bits per heavy atom. The molecule has 0 amide bonds. The van der Waals surface area contributed by atoms with Crippen LogP contribution in [-0.4, -0.2) is 23.5 Å². The van der Waals surface area contributed by atoms with Crippen molar-refractivity contribution in [1.82, 2.24) is 4.90 Å². The summed E-state index contributed by atoms with van der Waals surface area (Å²) in [7, 11) is 0. The first-order valence-electron chi connectivity index (χ1n) is 6.67. The zero-order valence-electron chi connectivity index (χ0n) is 9.30. The molecule has 0 bridgehead atoms. The van der Waals surface area contributed by atoms with Crippen LogP contribution in [0.5, 0.6) is 0 Å². The molecule has 2 saturated carbocycles. The second-order valence-corrected chi connectivity index (χ2v) is 5.63. The van der Waals surface area contributed by atoms with Crippen LogP contribution in [0.1, 0.15) is 57.8 Å². The van der Waals surface area contributed by atoms with Crippen LogP contribution in [0.4, 0.5) is 0 Å². The lowest BCUT2D eigenvalue weighted by Crippen LogP contribution is -2.45. The van der Waals surface area contributed by atoms with Crippen molar-refractivity contribution in [2.45, 2.75) is 63.3 Å².